The molecule has 0 aromatic carbocycles. The first kappa shape index (κ1) is 12.4. The van der Waals surface area contributed by atoms with Crippen LogP contribution in [0.15, 0.2) is 0 Å². The summed E-state index contributed by atoms with van der Waals surface area (Å²) in [7, 11) is 0. The van der Waals surface area contributed by atoms with Crippen LogP contribution in [0.3, 0.4) is 0 Å². The second-order valence-electron chi connectivity index (χ2n) is 7.93. The molecule has 0 radical (unpaired) electrons. The lowest BCUT2D eigenvalue weighted by Gasteiger charge is -2.32. The summed E-state index contributed by atoms with van der Waals surface area (Å²) in [6.07, 6.45) is 1.29. The van der Waals surface area contributed by atoms with Crippen LogP contribution in [0.2, 0.25) is 0 Å². The molecule has 0 bridgehead atoms. The molecule has 0 amide bonds. The smallest absolute Gasteiger partial charge is 0.00328 e. The predicted octanol–water partition coefficient (Wildman–Crippen LogP) is 3.65. The van der Waals surface area contributed by atoms with Gasteiger partial charge in [-0.3, -0.25) is 0 Å². The second-order valence-corrected chi connectivity index (χ2v) is 7.93. The molecule has 0 aromatic rings. The van der Waals surface area contributed by atoms with E-state index in [1.54, 1.807) is 0 Å². The molecule has 16 heavy (non-hydrogen) atoms. The van der Waals surface area contributed by atoms with E-state index in [1.807, 2.05) is 0 Å². The zero-order valence-corrected chi connectivity index (χ0v) is 12.0. The largest absolute Gasteiger partial charge is 0.302 e. The SMILES string of the molecule is CCC(C)(C)CN1CC2C(C1)C2C(C)(C)C. The minimum Gasteiger partial charge on any atom is -0.302 e. The maximum absolute atomic E-state index is 2.71. The van der Waals surface area contributed by atoms with Gasteiger partial charge in [-0.25, -0.2) is 0 Å². The van der Waals surface area contributed by atoms with E-state index in [9.17, 15) is 0 Å². The summed E-state index contributed by atoms with van der Waals surface area (Å²) in [5, 5.41) is 0. The minimum absolute atomic E-state index is 0.508. The highest BCUT2D eigenvalue weighted by molar-refractivity contribution is 5.09. The Kier molecular flexibility index (Phi) is 2.89. The fraction of sp³-hybridized carbons (Fsp3) is 1.00. The number of piperidine rings is 1. The van der Waals surface area contributed by atoms with Crippen molar-refractivity contribution in [2.24, 2.45) is 28.6 Å². The monoisotopic (exact) mass is 223 g/mol. The summed E-state index contributed by atoms with van der Waals surface area (Å²) in [6.45, 7) is 18.4. The van der Waals surface area contributed by atoms with Gasteiger partial charge in [0.05, 0.1) is 0 Å². The molecule has 1 aliphatic heterocycles. The molecule has 1 saturated heterocycles. The third-order valence-electron chi connectivity index (χ3n) is 4.88. The van der Waals surface area contributed by atoms with Crippen LogP contribution >= 0.6 is 0 Å². The third kappa shape index (κ3) is 2.30. The third-order valence-corrected chi connectivity index (χ3v) is 4.88. The number of nitrogens with zero attached hydrogens (tertiary/aromatic N) is 1. The van der Waals surface area contributed by atoms with Gasteiger partial charge >= 0.3 is 0 Å². The molecule has 94 valence electrons. The van der Waals surface area contributed by atoms with Crippen molar-refractivity contribution < 1.29 is 0 Å². The van der Waals surface area contributed by atoms with Crippen LogP contribution in [-0.2, 0) is 0 Å². The van der Waals surface area contributed by atoms with Gasteiger partial charge < -0.3 is 4.90 Å². The van der Waals surface area contributed by atoms with Crippen molar-refractivity contribution in [1.29, 1.82) is 0 Å². The van der Waals surface area contributed by atoms with Crippen LogP contribution in [0.5, 0.6) is 0 Å². The van der Waals surface area contributed by atoms with E-state index < -0.39 is 0 Å². The van der Waals surface area contributed by atoms with Gasteiger partial charge in [0.25, 0.3) is 0 Å². The van der Waals surface area contributed by atoms with Gasteiger partial charge in [0.1, 0.15) is 0 Å². The van der Waals surface area contributed by atoms with Crippen molar-refractivity contribution in [3.63, 3.8) is 0 Å². The van der Waals surface area contributed by atoms with Crippen LogP contribution < -0.4 is 0 Å². The molecular formula is C15H29N. The highest BCUT2D eigenvalue weighted by Gasteiger charge is 2.59. The van der Waals surface area contributed by atoms with Crippen LogP contribution in [0.25, 0.3) is 0 Å². The van der Waals surface area contributed by atoms with Crippen LogP contribution in [0, 0.1) is 28.6 Å². The predicted molar refractivity (Wildman–Crippen MR) is 70.4 cm³/mol. The Balaban J connectivity index is 1.83. The van der Waals surface area contributed by atoms with Crippen molar-refractivity contribution in [3.05, 3.63) is 0 Å². The molecule has 1 heterocycles. The zero-order chi connectivity index (χ0) is 12.1. The highest BCUT2D eigenvalue weighted by Crippen LogP contribution is 2.59. The molecule has 2 atom stereocenters. The highest BCUT2D eigenvalue weighted by atomic mass is 15.2. The van der Waals surface area contributed by atoms with Crippen molar-refractivity contribution in [2.75, 3.05) is 19.6 Å². The second kappa shape index (κ2) is 3.73. The summed E-state index contributed by atoms with van der Waals surface area (Å²) in [6, 6.07) is 0. The van der Waals surface area contributed by atoms with Crippen LogP contribution in [-0.4, -0.2) is 24.5 Å². The van der Waals surface area contributed by atoms with Gasteiger partial charge in [0, 0.05) is 19.6 Å². The van der Waals surface area contributed by atoms with Crippen molar-refractivity contribution in [3.8, 4) is 0 Å². The molecule has 2 unspecified atom stereocenters. The first-order valence-corrected chi connectivity index (χ1v) is 6.97. The Morgan fingerprint density at radius 3 is 1.88 bits per heavy atom. The molecule has 1 saturated carbocycles. The Morgan fingerprint density at radius 1 is 1.00 bits per heavy atom. The van der Waals surface area contributed by atoms with Gasteiger partial charge in [-0.15, -0.1) is 0 Å². The van der Waals surface area contributed by atoms with Gasteiger partial charge in [-0.1, -0.05) is 41.5 Å². The summed E-state index contributed by atoms with van der Waals surface area (Å²) in [5.41, 5.74) is 1.05. The van der Waals surface area contributed by atoms with Crippen molar-refractivity contribution in [1.82, 2.24) is 4.90 Å². The lowest BCUT2D eigenvalue weighted by atomic mass is 9.86. The molecule has 0 spiro atoms. The van der Waals surface area contributed by atoms with Crippen molar-refractivity contribution >= 4 is 0 Å². The van der Waals surface area contributed by atoms with Crippen LogP contribution in [0.4, 0.5) is 0 Å². The molecular weight excluding hydrogens is 194 g/mol. The quantitative estimate of drug-likeness (QED) is 0.706. The van der Waals surface area contributed by atoms with Crippen molar-refractivity contribution in [2.45, 2.75) is 48.0 Å². The summed E-state index contributed by atoms with van der Waals surface area (Å²) in [5.74, 6) is 3.05. The Labute approximate surface area is 102 Å². The Bertz CT molecular complexity index is 249. The maximum atomic E-state index is 2.71. The molecule has 0 N–H and O–H groups in total. The minimum atomic E-state index is 0.508. The van der Waals surface area contributed by atoms with E-state index in [0.717, 1.165) is 17.8 Å². The number of fused-ring (bicyclic) bond motifs is 1. The fourth-order valence-electron chi connectivity index (χ4n) is 3.74. The molecule has 2 aliphatic rings. The fourth-order valence-corrected chi connectivity index (χ4v) is 3.74. The van der Waals surface area contributed by atoms with Crippen LogP contribution in [0.1, 0.15) is 48.0 Å². The number of likely N-dealkylation sites (tertiary alicyclic amines) is 1. The number of rotatable bonds is 3. The standard InChI is InChI=1S/C15H29N/c1-7-15(5,6)10-16-8-11-12(9-16)13(11)14(2,3)4/h11-13H,7-10H2,1-6H3. The van der Waals surface area contributed by atoms with Gasteiger partial charge in [0.2, 0.25) is 0 Å². The first-order valence-electron chi connectivity index (χ1n) is 6.97. The van der Waals surface area contributed by atoms with E-state index in [-0.39, 0.29) is 0 Å². The Hall–Kier alpha value is -0.0400. The lowest BCUT2D eigenvalue weighted by molar-refractivity contribution is 0.162. The molecule has 1 nitrogen and oxygen atoms in total. The molecule has 0 aromatic heterocycles. The average Bonchev–Trinajstić information content (AvgIpc) is 2.65. The van der Waals surface area contributed by atoms with Gasteiger partial charge in [0.15, 0.2) is 0 Å². The summed E-state index contributed by atoms with van der Waals surface area (Å²) < 4.78 is 0. The molecule has 1 heteroatoms. The number of hydrogen-bond donors (Lipinski definition) is 0. The van der Waals surface area contributed by atoms with E-state index >= 15 is 0 Å². The summed E-state index contributed by atoms with van der Waals surface area (Å²) in [4.78, 5) is 2.71. The van der Waals surface area contributed by atoms with E-state index in [0.29, 0.717) is 10.8 Å². The van der Waals surface area contributed by atoms with Gasteiger partial charge in [-0.05, 0) is 35.0 Å². The zero-order valence-electron chi connectivity index (χ0n) is 12.0. The molecule has 1 aliphatic carbocycles. The first-order chi connectivity index (χ1) is 7.24. The van der Waals surface area contributed by atoms with E-state index in [4.69, 9.17) is 0 Å². The topological polar surface area (TPSA) is 3.24 Å². The maximum Gasteiger partial charge on any atom is 0.00328 e. The normalized spacial score (nSPS) is 35.2. The van der Waals surface area contributed by atoms with E-state index in [2.05, 4.69) is 46.4 Å². The average molecular weight is 223 g/mol. The van der Waals surface area contributed by atoms with Gasteiger partial charge in [-0.2, -0.15) is 0 Å². The summed E-state index contributed by atoms with van der Waals surface area (Å²) >= 11 is 0. The number of hydrogen-bond acceptors (Lipinski definition) is 1. The Morgan fingerprint density at radius 2 is 1.50 bits per heavy atom. The molecule has 2 rings (SSSR count). The molecule has 2 fully saturated rings. The van der Waals surface area contributed by atoms with E-state index in [1.165, 1.54) is 26.1 Å². The lowest BCUT2D eigenvalue weighted by Crippen LogP contribution is -2.35.